The van der Waals surface area contributed by atoms with E-state index in [0.29, 0.717) is 5.56 Å². The largest absolute Gasteiger partial charge is 0.341 e. The van der Waals surface area contributed by atoms with Crippen molar-refractivity contribution in [2.45, 2.75) is 26.3 Å². The van der Waals surface area contributed by atoms with Crippen molar-refractivity contribution in [3.8, 4) is 0 Å². The number of carbonyl (C=O) groups is 4. The lowest BCUT2D eigenvalue weighted by Crippen LogP contribution is -2.33. The third kappa shape index (κ3) is 4.90. The Balaban J connectivity index is 1.41. The Morgan fingerprint density at radius 3 is 2.47 bits per heavy atom. The number of Topliss-reactive ketones (excluding diaryl/α,β-unsaturated/α-hetero) is 1. The Morgan fingerprint density at radius 1 is 1.03 bits per heavy atom. The van der Waals surface area contributed by atoms with Gasteiger partial charge in [-0.1, -0.05) is 45.8 Å². The van der Waals surface area contributed by atoms with E-state index in [1.54, 1.807) is 18.2 Å². The summed E-state index contributed by atoms with van der Waals surface area (Å²) in [5, 5.41) is 0.391. The molecule has 2 aliphatic heterocycles. The molecule has 7 nitrogen and oxygen atoms in total. The molecule has 0 saturated carbocycles. The Kier molecular flexibility index (Phi) is 6.85. The highest BCUT2D eigenvalue weighted by atomic mass is 79.9. The second kappa shape index (κ2) is 10.1. The second-order valence-corrected chi connectivity index (χ2v) is 10.9. The van der Waals surface area contributed by atoms with Crippen LogP contribution in [0.3, 0.4) is 0 Å². The first-order valence-electron chi connectivity index (χ1n) is 11.7. The van der Waals surface area contributed by atoms with Crippen LogP contribution in [0.4, 0.5) is 4.79 Å². The van der Waals surface area contributed by atoms with Crippen LogP contribution in [-0.2, 0) is 16.1 Å². The number of benzene rings is 2. The Bertz CT molecular complexity index is 1420. The first-order chi connectivity index (χ1) is 17.3. The van der Waals surface area contributed by atoms with Gasteiger partial charge in [0.05, 0.1) is 11.4 Å². The van der Waals surface area contributed by atoms with E-state index in [0.717, 1.165) is 69.1 Å². The highest BCUT2D eigenvalue weighted by molar-refractivity contribution is 9.10. The fourth-order valence-corrected chi connectivity index (χ4v) is 5.70. The van der Waals surface area contributed by atoms with Crippen molar-refractivity contribution in [1.82, 2.24) is 14.4 Å². The molecule has 0 aliphatic carbocycles. The van der Waals surface area contributed by atoms with Gasteiger partial charge in [-0.05, 0) is 55.8 Å². The molecule has 0 atom stereocenters. The normalized spacial score (nSPS) is 17.1. The molecule has 2 fully saturated rings. The van der Waals surface area contributed by atoms with Crippen LogP contribution in [0.2, 0.25) is 0 Å². The predicted molar refractivity (Wildman–Crippen MR) is 144 cm³/mol. The average molecular weight is 566 g/mol. The van der Waals surface area contributed by atoms with E-state index >= 15 is 0 Å². The van der Waals surface area contributed by atoms with E-state index in [4.69, 9.17) is 0 Å². The topological polar surface area (TPSA) is 79.7 Å². The number of rotatable bonds is 6. The van der Waals surface area contributed by atoms with E-state index in [-0.39, 0.29) is 29.7 Å². The molecule has 0 bridgehead atoms. The average Bonchev–Trinajstić information content (AvgIpc) is 3.56. The smallest absolute Gasteiger partial charge is 0.293 e. The van der Waals surface area contributed by atoms with Crippen LogP contribution >= 0.6 is 27.7 Å². The summed E-state index contributed by atoms with van der Waals surface area (Å²) in [7, 11) is 0. The summed E-state index contributed by atoms with van der Waals surface area (Å²) in [5.41, 5.74) is 3.08. The lowest BCUT2D eigenvalue weighted by Gasteiger charge is -2.16. The van der Waals surface area contributed by atoms with Gasteiger partial charge in [0, 0.05) is 45.8 Å². The number of hydrogen-bond donors (Lipinski definition) is 0. The fraction of sp³-hybridized carbons (Fsp3) is 0.259. The Hall–Kier alpha value is -3.17. The molecule has 0 radical (unpaired) electrons. The lowest BCUT2D eigenvalue weighted by atomic mass is 10.1. The molecule has 9 heteroatoms. The predicted octanol–water partition coefficient (Wildman–Crippen LogP) is 5.25. The monoisotopic (exact) mass is 565 g/mol. The molecule has 2 saturated heterocycles. The maximum Gasteiger partial charge on any atom is 0.293 e. The van der Waals surface area contributed by atoms with Gasteiger partial charge in [-0.3, -0.25) is 24.1 Å². The van der Waals surface area contributed by atoms with Crippen molar-refractivity contribution in [3.63, 3.8) is 0 Å². The first-order valence-corrected chi connectivity index (χ1v) is 13.3. The van der Waals surface area contributed by atoms with Crippen molar-refractivity contribution >= 4 is 67.5 Å². The van der Waals surface area contributed by atoms with E-state index < -0.39 is 11.1 Å². The zero-order valence-electron chi connectivity index (χ0n) is 19.7. The molecular formula is C27H24BrN3O4S. The Morgan fingerprint density at radius 2 is 1.75 bits per heavy atom. The molecule has 0 unspecified atom stereocenters. The van der Waals surface area contributed by atoms with Gasteiger partial charge in [-0.2, -0.15) is 0 Å². The molecule has 5 rings (SSSR count). The van der Waals surface area contributed by atoms with E-state index in [9.17, 15) is 19.2 Å². The maximum atomic E-state index is 13.1. The number of aromatic nitrogens is 1. The third-order valence-electron chi connectivity index (χ3n) is 6.47. The minimum atomic E-state index is -0.491. The van der Waals surface area contributed by atoms with E-state index in [1.807, 2.05) is 52.9 Å². The molecule has 0 N–H and O–H groups in total. The summed E-state index contributed by atoms with van der Waals surface area (Å²) >= 11 is 4.32. The minimum Gasteiger partial charge on any atom is -0.341 e. The van der Waals surface area contributed by atoms with Crippen LogP contribution in [0, 0.1) is 6.92 Å². The van der Waals surface area contributed by atoms with Crippen molar-refractivity contribution in [2.75, 3.05) is 19.6 Å². The zero-order valence-corrected chi connectivity index (χ0v) is 22.1. The highest BCUT2D eigenvalue weighted by Crippen LogP contribution is 2.35. The number of halogens is 1. The maximum absolute atomic E-state index is 13.1. The number of aryl methyl sites for hydroxylation is 1. The molecule has 3 amide bonds. The zero-order chi connectivity index (χ0) is 25.4. The summed E-state index contributed by atoms with van der Waals surface area (Å²) in [6, 6.07) is 12.8. The number of carbonyl (C=O) groups excluding carboxylic acids is 4. The molecule has 184 valence electrons. The number of likely N-dealkylation sites (tertiary alicyclic amines) is 1. The lowest BCUT2D eigenvalue weighted by molar-refractivity contribution is -0.130. The number of thioether (sulfide) groups is 1. The van der Waals surface area contributed by atoms with Gasteiger partial charge in [-0.25, -0.2) is 0 Å². The SMILES string of the molecule is Cc1ccc(C(=O)CN2C(=O)S/C(=C\c3cn(CC(=O)N4CCCC4)c4ccc(Br)cc34)C2=O)cc1. The van der Waals surface area contributed by atoms with Gasteiger partial charge in [0.1, 0.15) is 6.54 Å². The van der Waals surface area contributed by atoms with Crippen LogP contribution in [0.1, 0.15) is 34.3 Å². The third-order valence-corrected chi connectivity index (χ3v) is 7.87. The van der Waals surface area contributed by atoms with Crippen LogP contribution < -0.4 is 0 Å². The summed E-state index contributed by atoms with van der Waals surface area (Å²) < 4.78 is 2.75. The molecule has 1 aromatic heterocycles. The van der Waals surface area contributed by atoms with E-state index in [1.165, 1.54) is 0 Å². The quantitative estimate of drug-likeness (QED) is 0.301. The summed E-state index contributed by atoms with van der Waals surface area (Å²) in [4.78, 5) is 54.3. The molecule has 3 heterocycles. The van der Waals surface area contributed by atoms with Crippen LogP contribution in [0.25, 0.3) is 17.0 Å². The number of fused-ring (bicyclic) bond motifs is 1. The summed E-state index contributed by atoms with van der Waals surface area (Å²) in [6.45, 7) is 3.39. The number of ketones is 1. The van der Waals surface area contributed by atoms with Crippen molar-refractivity contribution in [2.24, 2.45) is 0 Å². The number of hydrogen-bond acceptors (Lipinski definition) is 5. The summed E-state index contributed by atoms with van der Waals surface area (Å²) in [6.07, 6.45) is 5.57. The van der Waals surface area contributed by atoms with Crippen LogP contribution in [0.5, 0.6) is 0 Å². The molecule has 2 aromatic carbocycles. The molecular weight excluding hydrogens is 542 g/mol. The van der Waals surface area contributed by atoms with Gasteiger partial charge in [0.15, 0.2) is 5.78 Å². The van der Waals surface area contributed by atoms with Crippen LogP contribution in [0.15, 0.2) is 58.0 Å². The number of nitrogens with zero attached hydrogens (tertiary/aromatic N) is 3. The fourth-order valence-electron chi connectivity index (χ4n) is 4.51. The molecule has 3 aromatic rings. The second-order valence-electron chi connectivity index (χ2n) is 9.02. The van der Waals surface area contributed by atoms with Crippen molar-refractivity contribution in [3.05, 3.63) is 74.7 Å². The van der Waals surface area contributed by atoms with Crippen molar-refractivity contribution < 1.29 is 19.2 Å². The standard InChI is InChI=1S/C27H24BrN3O4S/c1-17-4-6-18(7-5-17)23(32)15-31-26(34)24(36-27(31)35)12-19-14-30(16-25(33)29-10-2-3-11-29)22-9-8-20(28)13-21(19)22/h4-9,12-14H,2-3,10-11,15-16H2,1H3/b24-12-. The van der Waals surface area contributed by atoms with Crippen LogP contribution in [-0.4, -0.2) is 56.8 Å². The minimum absolute atomic E-state index is 0.0637. The Labute approximate surface area is 221 Å². The van der Waals surface area contributed by atoms with Gasteiger partial charge in [0.2, 0.25) is 5.91 Å². The molecule has 2 aliphatic rings. The first kappa shape index (κ1) is 24.5. The van der Waals surface area contributed by atoms with Crippen molar-refractivity contribution in [1.29, 1.82) is 0 Å². The number of imide groups is 1. The number of amides is 3. The van der Waals surface area contributed by atoms with Gasteiger partial charge < -0.3 is 9.47 Å². The van der Waals surface area contributed by atoms with Gasteiger partial charge in [-0.15, -0.1) is 0 Å². The van der Waals surface area contributed by atoms with E-state index in [2.05, 4.69) is 15.9 Å². The summed E-state index contributed by atoms with van der Waals surface area (Å²) in [5.74, 6) is -0.720. The van der Waals surface area contributed by atoms with Gasteiger partial charge in [0.25, 0.3) is 11.1 Å². The molecule has 36 heavy (non-hydrogen) atoms. The van der Waals surface area contributed by atoms with Gasteiger partial charge >= 0.3 is 0 Å². The highest BCUT2D eigenvalue weighted by Gasteiger charge is 2.36. The molecule has 0 spiro atoms.